The largest absolute Gasteiger partial charge is 0.418 e. The molecule has 3 rings (SSSR count). The molecule has 2 heterocycles. The molecule has 0 aliphatic carbocycles. The lowest BCUT2D eigenvalue weighted by atomic mass is 10.2. The number of benzene rings is 1. The topological polar surface area (TPSA) is 91.1 Å². The van der Waals surface area contributed by atoms with Crippen molar-refractivity contribution in [1.29, 1.82) is 0 Å². The quantitative estimate of drug-likeness (QED) is 0.572. The zero-order valence-electron chi connectivity index (χ0n) is 17.4. The van der Waals surface area contributed by atoms with Gasteiger partial charge >= 0.3 is 6.01 Å². The average Bonchev–Trinajstić information content (AvgIpc) is 2.69. The molecule has 0 unspecified atom stereocenters. The van der Waals surface area contributed by atoms with Crippen LogP contribution in [0.3, 0.4) is 0 Å². The Labute approximate surface area is 178 Å². The molecule has 3 aromatic rings. The summed E-state index contributed by atoms with van der Waals surface area (Å²) in [4.78, 5) is 19.9. The maximum atomic E-state index is 14.4. The van der Waals surface area contributed by atoms with Crippen LogP contribution in [-0.2, 0) is 22.6 Å². The van der Waals surface area contributed by atoms with Crippen molar-refractivity contribution in [2.75, 3.05) is 0 Å². The van der Waals surface area contributed by atoms with Crippen LogP contribution in [0.1, 0.15) is 25.1 Å². The standard InChI is InChI=1S/C21H21F2N3O4S/c1-12(2)31(28,29)11-15-9-17(14-6-8-18(27)26(4)10-14)25-21(24-15)30-20-16(22)7-5-13(3)19(20)23/h5-10,12H,11H2,1-4H3. The molecule has 0 saturated carbocycles. The van der Waals surface area contributed by atoms with E-state index < -0.39 is 44.2 Å². The average molecular weight is 449 g/mol. The van der Waals surface area contributed by atoms with Gasteiger partial charge in [0.15, 0.2) is 21.5 Å². The van der Waals surface area contributed by atoms with E-state index in [0.717, 1.165) is 6.07 Å². The number of halogens is 2. The molecule has 0 aliphatic rings. The fraction of sp³-hybridized carbons (Fsp3) is 0.286. The molecule has 1 aromatic carbocycles. The predicted molar refractivity (Wildman–Crippen MR) is 112 cm³/mol. The number of ether oxygens (including phenoxy) is 1. The molecule has 0 spiro atoms. The Balaban J connectivity index is 2.14. The van der Waals surface area contributed by atoms with E-state index in [0.29, 0.717) is 5.56 Å². The van der Waals surface area contributed by atoms with Crippen molar-refractivity contribution in [3.63, 3.8) is 0 Å². The van der Waals surface area contributed by atoms with Crippen LogP contribution < -0.4 is 10.3 Å². The van der Waals surface area contributed by atoms with Crippen molar-refractivity contribution in [3.05, 3.63) is 69.8 Å². The van der Waals surface area contributed by atoms with E-state index in [-0.39, 0.29) is 22.5 Å². The molecule has 0 fully saturated rings. The van der Waals surface area contributed by atoms with Gasteiger partial charge in [-0.1, -0.05) is 6.07 Å². The fourth-order valence-electron chi connectivity index (χ4n) is 2.67. The van der Waals surface area contributed by atoms with Gasteiger partial charge in [0.05, 0.1) is 22.4 Å². The van der Waals surface area contributed by atoms with Crippen molar-refractivity contribution in [1.82, 2.24) is 14.5 Å². The van der Waals surface area contributed by atoms with Gasteiger partial charge in [0, 0.05) is 24.9 Å². The lowest BCUT2D eigenvalue weighted by Gasteiger charge is -2.12. The Morgan fingerprint density at radius 1 is 1.13 bits per heavy atom. The summed E-state index contributed by atoms with van der Waals surface area (Å²) in [6, 6.07) is 6.17. The van der Waals surface area contributed by atoms with Gasteiger partial charge in [-0.25, -0.2) is 17.2 Å². The van der Waals surface area contributed by atoms with Crippen molar-refractivity contribution in [3.8, 4) is 23.0 Å². The van der Waals surface area contributed by atoms with Gasteiger partial charge < -0.3 is 9.30 Å². The Hall–Kier alpha value is -3.14. The van der Waals surface area contributed by atoms with Gasteiger partial charge in [-0.3, -0.25) is 4.79 Å². The second-order valence-corrected chi connectivity index (χ2v) is 9.92. The van der Waals surface area contributed by atoms with Crippen LogP contribution in [0.5, 0.6) is 11.8 Å². The van der Waals surface area contributed by atoms with Crippen molar-refractivity contribution < 1.29 is 21.9 Å². The highest BCUT2D eigenvalue weighted by Gasteiger charge is 2.21. The maximum absolute atomic E-state index is 14.4. The zero-order valence-corrected chi connectivity index (χ0v) is 18.2. The molecule has 10 heteroatoms. The fourth-order valence-corrected chi connectivity index (χ4v) is 3.57. The van der Waals surface area contributed by atoms with Crippen LogP contribution in [0.2, 0.25) is 0 Å². The summed E-state index contributed by atoms with van der Waals surface area (Å²) in [5, 5.41) is -0.653. The van der Waals surface area contributed by atoms with Crippen LogP contribution in [-0.4, -0.2) is 28.2 Å². The molecule has 0 saturated heterocycles. The normalized spacial score (nSPS) is 11.7. The first-order valence-electron chi connectivity index (χ1n) is 9.37. The van der Waals surface area contributed by atoms with Crippen LogP contribution in [0.4, 0.5) is 8.78 Å². The number of rotatable bonds is 6. The lowest BCUT2D eigenvalue weighted by Crippen LogP contribution is -2.17. The van der Waals surface area contributed by atoms with Crippen LogP contribution in [0.15, 0.2) is 41.3 Å². The van der Waals surface area contributed by atoms with Crippen LogP contribution in [0.25, 0.3) is 11.3 Å². The smallest absolute Gasteiger partial charge is 0.322 e. The summed E-state index contributed by atoms with van der Waals surface area (Å²) < 4.78 is 60.0. The number of aryl methyl sites for hydroxylation is 2. The van der Waals surface area contributed by atoms with Crippen LogP contribution >= 0.6 is 0 Å². The van der Waals surface area contributed by atoms with E-state index in [9.17, 15) is 22.0 Å². The lowest BCUT2D eigenvalue weighted by molar-refractivity contribution is 0.380. The van der Waals surface area contributed by atoms with E-state index in [1.54, 1.807) is 20.9 Å². The molecular weight excluding hydrogens is 428 g/mol. The Kier molecular flexibility index (Phi) is 6.21. The van der Waals surface area contributed by atoms with E-state index in [2.05, 4.69) is 9.97 Å². The van der Waals surface area contributed by atoms with Gasteiger partial charge in [0.25, 0.3) is 0 Å². The van der Waals surface area contributed by atoms with Crippen LogP contribution in [0, 0.1) is 18.6 Å². The van der Waals surface area contributed by atoms with Gasteiger partial charge in [0.1, 0.15) is 0 Å². The van der Waals surface area contributed by atoms with Gasteiger partial charge in [-0.05, 0) is 44.5 Å². The zero-order chi connectivity index (χ0) is 22.9. The summed E-state index contributed by atoms with van der Waals surface area (Å²) in [7, 11) is -1.98. The minimum absolute atomic E-state index is 0.0935. The van der Waals surface area contributed by atoms with Crippen molar-refractivity contribution in [2.45, 2.75) is 31.8 Å². The molecule has 31 heavy (non-hydrogen) atoms. The monoisotopic (exact) mass is 449 g/mol. The SMILES string of the molecule is Cc1ccc(F)c(Oc2nc(CS(=O)(=O)C(C)C)cc(-c3ccc(=O)n(C)c3)n2)c1F. The first-order valence-corrected chi connectivity index (χ1v) is 11.1. The minimum Gasteiger partial charge on any atom is -0.418 e. The third kappa shape index (κ3) is 4.96. The summed E-state index contributed by atoms with van der Waals surface area (Å²) >= 11 is 0. The van der Waals surface area contributed by atoms with E-state index in [4.69, 9.17) is 4.74 Å². The number of aromatic nitrogens is 3. The van der Waals surface area contributed by atoms with E-state index in [1.165, 1.54) is 42.0 Å². The number of nitrogens with zero attached hydrogens (tertiary/aromatic N) is 3. The molecule has 0 N–H and O–H groups in total. The number of pyridine rings is 1. The van der Waals surface area contributed by atoms with E-state index >= 15 is 0 Å². The molecule has 0 aliphatic heterocycles. The maximum Gasteiger partial charge on any atom is 0.322 e. The molecule has 7 nitrogen and oxygen atoms in total. The van der Waals surface area contributed by atoms with Crippen molar-refractivity contribution in [2.24, 2.45) is 7.05 Å². The number of hydrogen-bond acceptors (Lipinski definition) is 6. The Morgan fingerprint density at radius 2 is 1.84 bits per heavy atom. The van der Waals surface area contributed by atoms with E-state index in [1.807, 2.05) is 0 Å². The molecular formula is C21H21F2N3O4S. The third-order valence-corrected chi connectivity index (χ3v) is 6.78. The molecule has 0 radical (unpaired) electrons. The molecule has 0 amide bonds. The summed E-state index contributed by atoms with van der Waals surface area (Å²) in [6.45, 7) is 4.53. The third-order valence-electron chi connectivity index (χ3n) is 4.64. The molecule has 0 atom stereocenters. The molecule has 164 valence electrons. The first-order chi connectivity index (χ1) is 14.5. The highest BCUT2D eigenvalue weighted by molar-refractivity contribution is 7.91. The minimum atomic E-state index is -3.53. The van der Waals surface area contributed by atoms with Crippen molar-refractivity contribution >= 4 is 9.84 Å². The molecule has 0 bridgehead atoms. The second kappa shape index (κ2) is 8.54. The summed E-state index contributed by atoms with van der Waals surface area (Å²) in [5.74, 6) is -2.96. The number of hydrogen-bond donors (Lipinski definition) is 0. The highest BCUT2D eigenvalue weighted by Crippen LogP contribution is 2.29. The predicted octanol–water partition coefficient (Wildman–Crippen LogP) is 3.54. The summed E-state index contributed by atoms with van der Waals surface area (Å²) in [5.41, 5.74) is 0.718. The van der Waals surface area contributed by atoms with Gasteiger partial charge in [0.2, 0.25) is 11.3 Å². The Morgan fingerprint density at radius 3 is 2.48 bits per heavy atom. The summed E-state index contributed by atoms with van der Waals surface area (Å²) in [6.07, 6.45) is 1.50. The second-order valence-electron chi connectivity index (χ2n) is 7.36. The Bertz CT molecular complexity index is 1300. The van der Waals surface area contributed by atoms with Gasteiger partial charge in [-0.15, -0.1) is 0 Å². The number of sulfone groups is 1. The first kappa shape index (κ1) is 22.5. The highest BCUT2D eigenvalue weighted by atomic mass is 32.2. The van der Waals surface area contributed by atoms with Gasteiger partial charge in [-0.2, -0.15) is 9.97 Å². The molecule has 2 aromatic heterocycles.